The average Bonchev–Trinajstić information content (AvgIpc) is 3.57. The average molecular weight is 397 g/mol. The second-order valence-corrected chi connectivity index (χ2v) is 8.72. The summed E-state index contributed by atoms with van der Waals surface area (Å²) in [4.78, 5) is 32.6. The van der Waals surface area contributed by atoms with E-state index >= 15 is 4.39 Å². The van der Waals surface area contributed by atoms with E-state index in [2.05, 4.69) is 20.0 Å². The van der Waals surface area contributed by atoms with Crippen LogP contribution in [-0.2, 0) is 0 Å². The van der Waals surface area contributed by atoms with Crippen LogP contribution in [0.1, 0.15) is 37.3 Å². The second-order valence-electron chi connectivity index (χ2n) is 8.72. The molecule has 2 N–H and O–H groups in total. The summed E-state index contributed by atoms with van der Waals surface area (Å²) < 4.78 is 16.8. The number of aryl methyl sites for hydroxylation is 1. The molecule has 29 heavy (non-hydrogen) atoms. The minimum atomic E-state index is -0.528. The van der Waals surface area contributed by atoms with Crippen LogP contribution in [0, 0.1) is 24.7 Å². The molecular formula is C21H24FN5O2. The number of rotatable bonds is 5. The normalized spacial score (nSPS) is 25.7. The summed E-state index contributed by atoms with van der Waals surface area (Å²) in [6.45, 7) is 11.4. The van der Waals surface area contributed by atoms with Crippen molar-refractivity contribution in [1.82, 2.24) is 14.9 Å². The Bertz CT molecular complexity index is 1160. The van der Waals surface area contributed by atoms with Crippen LogP contribution >= 0.6 is 0 Å². The highest BCUT2D eigenvalue weighted by atomic mass is 19.1. The molecule has 2 aromatic rings. The van der Waals surface area contributed by atoms with Gasteiger partial charge in [-0.15, -0.1) is 0 Å². The molecule has 152 valence electrons. The molecular weight excluding hydrogens is 373 g/mol. The van der Waals surface area contributed by atoms with Crippen LogP contribution in [-0.4, -0.2) is 41.8 Å². The molecule has 3 fully saturated rings. The van der Waals surface area contributed by atoms with Crippen LogP contribution in [0.2, 0.25) is 0 Å². The zero-order valence-electron chi connectivity index (χ0n) is 16.4. The maximum absolute atomic E-state index is 15.1. The summed E-state index contributed by atoms with van der Waals surface area (Å²) >= 11 is 0. The predicted molar refractivity (Wildman–Crippen MR) is 109 cm³/mol. The first-order valence-electron chi connectivity index (χ1n) is 10.2. The number of benzene rings is 1. The van der Waals surface area contributed by atoms with E-state index in [4.69, 9.17) is 6.57 Å². The van der Waals surface area contributed by atoms with Gasteiger partial charge < -0.3 is 15.1 Å². The van der Waals surface area contributed by atoms with E-state index < -0.39 is 17.1 Å². The van der Waals surface area contributed by atoms with E-state index in [9.17, 15) is 9.59 Å². The second kappa shape index (κ2) is 6.42. The predicted octanol–water partition coefficient (Wildman–Crippen LogP) is 1.95. The molecule has 2 heterocycles. The summed E-state index contributed by atoms with van der Waals surface area (Å²) in [6.07, 6.45) is 3.82. The summed E-state index contributed by atoms with van der Waals surface area (Å²) in [5, 5.41) is 3.69. The fourth-order valence-electron chi connectivity index (χ4n) is 5.10. The van der Waals surface area contributed by atoms with Gasteiger partial charge in [-0.25, -0.2) is 15.8 Å². The van der Waals surface area contributed by atoms with Gasteiger partial charge >= 0.3 is 5.69 Å². The number of fused-ring (bicyclic) bond motifs is 1. The van der Waals surface area contributed by atoms with Crippen molar-refractivity contribution >= 4 is 16.6 Å². The van der Waals surface area contributed by atoms with E-state index in [0.29, 0.717) is 35.9 Å². The molecule has 1 saturated heterocycles. The zero-order chi connectivity index (χ0) is 20.3. The van der Waals surface area contributed by atoms with Gasteiger partial charge in [-0.1, -0.05) is 0 Å². The Balaban J connectivity index is 1.52. The molecule has 2 unspecified atom stereocenters. The quantitative estimate of drug-likeness (QED) is 0.598. The fraction of sp³-hybridized carbons (Fsp3) is 0.571. The van der Waals surface area contributed by atoms with Gasteiger partial charge in [0.25, 0.3) is 5.56 Å². The molecule has 0 bridgehead atoms. The summed E-state index contributed by atoms with van der Waals surface area (Å²) in [5.41, 5.74) is 0.960. The number of anilines is 1. The van der Waals surface area contributed by atoms with Crippen LogP contribution in [0.25, 0.3) is 15.7 Å². The molecule has 2 saturated carbocycles. The number of nitrogens with one attached hydrogen (secondary N) is 2. The minimum absolute atomic E-state index is 0.0863. The zero-order valence-corrected chi connectivity index (χ0v) is 16.4. The van der Waals surface area contributed by atoms with Gasteiger partial charge in [0, 0.05) is 36.2 Å². The molecule has 2 atom stereocenters. The summed E-state index contributed by atoms with van der Waals surface area (Å²) in [7, 11) is 0. The van der Waals surface area contributed by atoms with Gasteiger partial charge in [-0.3, -0.25) is 14.3 Å². The lowest BCUT2D eigenvalue weighted by Gasteiger charge is -2.24. The third-order valence-electron chi connectivity index (χ3n) is 6.81. The van der Waals surface area contributed by atoms with E-state index in [1.165, 1.54) is 6.07 Å². The van der Waals surface area contributed by atoms with Crippen molar-refractivity contribution in [3.05, 3.63) is 49.7 Å². The van der Waals surface area contributed by atoms with Gasteiger partial charge in [0.15, 0.2) is 0 Å². The van der Waals surface area contributed by atoms with Crippen LogP contribution < -0.4 is 21.5 Å². The van der Waals surface area contributed by atoms with Gasteiger partial charge in [-0.2, -0.15) is 0 Å². The number of hydrogen-bond acceptors (Lipinski definition) is 4. The van der Waals surface area contributed by atoms with Crippen LogP contribution in [0.4, 0.5) is 10.1 Å². The van der Waals surface area contributed by atoms with Crippen molar-refractivity contribution in [3.8, 4) is 0 Å². The molecule has 0 amide bonds. The monoisotopic (exact) mass is 397 g/mol. The first kappa shape index (κ1) is 18.4. The Morgan fingerprint density at radius 2 is 2.21 bits per heavy atom. The molecule has 1 aliphatic heterocycles. The Morgan fingerprint density at radius 3 is 2.93 bits per heavy atom. The van der Waals surface area contributed by atoms with Crippen molar-refractivity contribution in [2.75, 3.05) is 31.1 Å². The van der Waals surface area contributed by atoms with E-state index in [1.807, 2.05) is 6.92 Å². The van der Waals surface area contributed by atoms with Gasteiger partial charge in [-0.05, 0) is 38.7 Å². The lowest BCUT2D eigenvalue weighted by atomic mass is 10.1. The maximum Gasteiger partial charge on any atom is 0.329 e. The largest absolute Gasteiger partial charge is 0.368 e. The van der Waals surface area contributed by atoms with E-state index in [-0.39, 0.29) is 16.8 Å². The highest BCUT2D eigenvalue weighted by Crippen LogP contribution is 2.54. The van der Waals surface area contributed by atoms with Crippen molar-refractivity contribution in [2.45, 2.75) is 44.7 Å². The van der Waals surface area contributed by atoms with Crippen molar-refractivity contribution in [1.29, 1.82) is 0 Å². The number of nitrogens with zero attached hydrogens (tertiary/aromatic N) is 3. The van der Waals surface area contributed by atoms with Crippen molar-refractivity contribution in [2.24, 2.45) is 5.41 Å². The molecule has 5 rings (SSSR count). The van der Waals surface area contributed by atoms with Crippen LogP contribution in [0.3, 0.4) is 0 Å². The number of H-pyrrole nitrogens is 1. The SMILES string of the molecule is [C-]#[N+]CCNC1CC12CCN(c1c(F)cc3c(=O)[nH]c(=O)n(C4CC4)c3c1C)C2. The van der Waals surface area contributed by atoms with E-state index in [0.717, 1.165) is 38.8 Å². The third kappa shape index (κ3) is 2.87. The summed E-state index contributed by atoms with van der Waals surface area (Å²) in [5.74, 6) is -0.406. The molecule has 7 nitrogen and oxygen atoms in total. The first-order valence-corrected chi connectivity index (χ1v) is 10.2. The molecule has 3 aliphatic rings. The van der Waals surface area contributed by atoms with Crippen LogP contribution in [0.5, 0.6) is 0 Å². The maximum atomic E-state index is 15.1. The number of aromatic amines is 1. The lowest BCUT2D eigenvalue weighted by molar-refractivity contribution is 0.506. The lowest BCUT2D eigenvalue weighted by Crippen LogP contribution is -2.32. The molecule has 2 aliphatic carbocycles. The van der Waals surface area contributed by atoms with Gasteiger partial charge in [0.2, 0.25) is 6.54 Å². The molecule has 1 aromatic carbocycles. The molecule has 0 radical (unpaired) electrons. The number of halogens is 1. The standard InChI is InChI=1S/C21H24FN5O2/c1-12-17-14(19(28)25-20(29)27(17)13-3-4-13)9-15(22)18(12)26-8-5-21(11-26)10-16(21)24-7-6-23-2/h9,13,16,24H,3-8,10-11H2,1H3,(H,25,28,29). The van der Waals surface area contributed by atoms with Gasteiger partial charge in [0.05, 0.1) is 23.1 Å². The smallest absolute Gasteiger partial charge is 0.329 e. The van der Waals surface area contributed by atoms with E-state index in [1.54, 1.807) is 4.57 Å². The highest BCUT2D eigenvalue weighted by Gasteiger charge is 2.57. The Morgan fingerprint density at radius 1 is 1.41 bits per heavy atom. The Labute approximate surface area is 167 Å². The minimum Gasteiger partial charge on any atom is -0.368 e. The van der Waals surface area contributed by atoms with Crippen molar-refractivity contribution < 1.29 is 4.39 Å². The molecule has 1 spiro atoms. The van der Waals surface area contributed by atoms with Gasteiger partial charge in [0.1, 0.15) is 5.82 Å². The third-order valence-corrected chi connectivity index (χ3v) is 6.81. The fourth-order valence-corrected chi connectivity index (χ4v) is 5.10. The highest BCUT2D eigenvalue weighted by molar-refractivity contribution is 5.87. The van der Waals surface area contributed by atoms with Crippen LogP contribution in [0.15, 0.2) is 15.7 Å². The molecule has 8 heteroatoms. The Hall–Kier alpha value is -2.66. The Kier molecular flexibility index (Phi) is 4.07. The first-order chi connectivity index (χ1) is 13.9. The summed E-state index contributed by atoms with van der Waals surface area (Å²) in [6, 6.07) is 1.76. The molecule has 1 aromatic heterocycles. The van der Waals surface area contributed by atoms with Crippen molar-refractivity contribution in [3.63, 3.8) is 0 Å². The number of hydrogen-bond donors (Lipinski definition) is 2. The number of aromatic nitrogens is 2. The topological polar surface area (TPSA) is 74.5 Å².